The fraction of sp³-hybridized carbons (Fsp3) is 0.700. The van der Waals surface area contributed by atoms with Gasteiger partial charge < -0.3 is 15.0 Å². The molecule has 0 aromatic carbocycles. The lowest BCUT2D eigenvalue weighted by Gasteiger charge is -2.14. The SMILES string of the molecule is CCc1nccn1CCC(CO)NC. The number of aromatic nitrogens is 2. The number of nitrogens with zero attached hydrogens (tertiary/aromatic N) is 2. The number of aliphatic hydroxyl groups excluding tert-OH is 1. The molecule has 4 nitrogen and oxygen atoms in total. The van der Waals surface area contributed by atoms with Gasteiger partial charge in [-0.15, -0.1) is 0 Å². The van der Waals surface area contributed by atoms with Gasteiger partial charge in [0.25, 0.3) is 0 Å². The first-order valence-electron chi connectivity index (χ1n) is 5.10. The minimum Gasteiger partial charge on any atom is -0.395 e. The minimum absolute atomic E-state index is 0.183. The molecule has 0 saturated carbocycles. The first-order chi connectivity index (χ1) is 6.81. The van der Waals surface area contributed by atoms with Crippen molar-refractivity contribution in [2.24, 2.45) is 0 Å². The van der Waals surface area contributed by atoms with Crippen LogP contribution in [0, 0.1) is 0 Å². The summed E-state index contributed by atoms with van der Waals surface area (Å²) in [6, 6.07) is 0.183. The molecule has 1 aromatic heterocycles. The van der Waals surface area contributed by atoms with Crippen molar-refractivity contribution in [3.63, 3.8) is 0 Å². The van der Waals surface area contributed by atoms with Crippen molar-refractivity contribution >= 4 is 0 Å². The molecule has 0 aliphatic heterocycles. The summed E-state index contributed by atoms with van der Waals surface area (Å²) >= 11 is 0. The second-order valence-corrected chi connectivity index (χ2v) is 3.35. The number of hydrogen-bond donors (Lipinski definition) is 2. The van der Waals surface area contributed by atoms with Crippen LogP contribution in [-0.2, 0) is 13.0 Å². The monoisotopic (exact) mass is 197 g/mol. The molecule has 0 amide bonds. The van der Waals surface area contributed by atoms with Crippen LogP contribution in [0.5, 0.6) is 0 Å². The van der Waals surface area contributed by atoms with E-state index in [1.165, 1.54) is 0 Å². The van der Waals surface area contributed by atoms with E-state index >= 15 is 0 Å². The fourth-order valence-corrected chi connectivity index (χ4v) is 1.48. The van der Waals surface area contributed by atoms with Gasteiger partial charge in [0.15, 0.2) is 0 Å². The summed E-state index contributed by atoms with van der Waals surface area (Å²) in [7, 11) is 1.87. The molecule has 0 aliphatic rings. The van der Waals surface area contributed by atoms with Crippen LogP contribution in [0.1, 0.15) is 19.2 Å². The predicted molar refractivity (Wildman–Crippen MR) is 56.2 cm³/mol. The highest BCUT2D eigenvalue weighted by molar-refractivity contribution is 4.91. The third-order valence-electron chi connectivity index (χ3n) is 2.47. The maximum atomic E-state index is 8.99. The standard InChI is InChI=1S/C10H19N3O/c1-3-10-12-5-7-13(10)6-4-9(8-14)11-2/h5,7,9,11,14H,3-4,6,8H2,1-2H3. The summed E-state index contributed by atoms with van der Waals surface area (Å²) in [5.41, 5.74) is 0. The molecule has 4 heteroatoms. The average molecular weight is 197 g/mol. The fourth-order valence-electron chi connectivity index (χ4n) is 1.48. The Bertz CT molecular complexity index is 256. The van der Waals surface area contributed by atoms with Crippen molar-refractivity contribution in [3.8, 4) is 0 Å². The molecule has 0 aliphatic carbocycles. The zero-order chi connectivity index (χ0) is 10.4. The van der Waals surface area contributed by atoms with E-state index in [0.717, 1.165) is 25.2 Å². The molecule has 1 heterocycles. The summed E-state index contributed by atoms with van der Waals surface area (Å²) in [6.45, 7) is 3.20. The van der Waals surface area contributed by atoms with Crippen LogP contribution >= 0.6 is 0 Å². The quantitative estimate of drug-likeness (QED) is 0.694. The Morgan fingerprint density at radius 1 is 1.64 bits per heavy atom. The minimum atomic E-state index is 0.183. The first kappa shape index (κ1) is 11.2. The Morgan fingerprint density at radius 2 is 2.43 bits per heavy atom. The molecular weight excluding hydrogens is 178 g/mol. The topological polar surface area (TPSA) is 50.1 Å². The highest BCUT2D eigenvalue weighted by atomic mass is 16.3. The van der Waals surface area contributed by atoms with Gasteiger partial charge >= 0.3 is 0 Å². The zero-order valence-electron chi connectivity index (χ0n) is 8.90. The number of aryl methyl sites for hydroxylation is 2. The lowest BCUT2D eigenvalue weighted by molar-refractivity contribution is 0.237. The number of hydrogen-bond acceptors (Lipinski definition) is 3. The van der Waals surface area contributed by atoms with E-state index in [0.29, 0.717) is 0 Å². The van der Waals surface area contributed by atoms with Gasteiger partial charge in [-0.2, -0.15) is 0 Å². The van der Waals surface area contributed by atoms with E-state index in [9.17, 15) is 0 Å². The van der Waals surface area contributed by atoms with Gasteiger partial charge in [0.1, 0.15) is 5.82 Å². The van der Waals surface area contributed by atoms with Crippen molar-refractivity contribution in [2.75, 3.05) is 13.7 Å². The molecule has 0 fully saturated rings. The molecule has 14 heavy (non-hydrogen) atoms. The number of likely N-dealkylation sites (N-methyl/N-ethyl adjacent to an activating group) is 1. The summed E-state index contributed by atoms with van der Waals surface area (Å²) in [4.78, 5) is 4.24. The van der Waals surface area contributed by atoms with Gasteiger partial charge in [0.2, 0.25) is 0 Å². The van der Waals surface area contributed by atoms with E-state index in [-0.39, 0.29) is 12.6 Å². The average Bonchev–Trinajstić information content (AvgIpc) is 2.67. The number of imidazole rings is 1. The van der Waals surface area contributed by atoms with Crippen LogP contribution in [-0.4, -0.2) is 34.4 Å². The molecule has 0 saturated heterocycles. The molecule has 80 valence electrons. The van der Waals surface area contributed by atoms with Crippen LogP contribution in [0.25, 0.3) is 0 Å². The maximum Gasteiger partial charge on any atom is 0.108 e. The van der Waals surface area contributed by atoms with E-state index in [1.54, 1.807) is 0 Å². The third kappa shape index (κ3) is 2.82. The van der Waals surface area contributed by atoms with E-state index in [4.69, 9.17) is 5.11 Å². The number of aliphatic hydroxyl groups is 1. The Morgan fingerprint density at radius 3 is 3.00 bits per heavy atom. The molecule has 1 atom stereocenters. The molecule has 1 aromatic rings. The normalized spacial score (nSPS) is 13.1. The van der Waals surface area contributed by atoms with Gasteiger partial charge in [0.05, 0.1) is 6.61 Å². The lowest BCUT2D eigenvalue weighted by Crippen LogP contribution is -2.30. The highest BCUT2D eigenvalue weighted by Gasteiger charge is 2.05. The molecule has 1 unspecified atom stereocenters. The Hall–Kier alpha value is -0.870. The molecule has 0 radical (unpaired) electrons. The van der Waals surface area contributed by atoms with Crippen molar-refractivity contribution in [2.45, 2.75) is 32.4 Å². The van der Waals surface area contributed by atoms with Crippen LogP contribution in [0.15, 0.2) is 12.4 Å². The summed E-state index contributed by atoms with van der Waals surface area (Å²) in [5.74, 6) is 1.11. The van der Waals surface area contributed by atoms with Gasteiger partial charge in [-0.25, -0.2) is 4.98 Å². The van der Waals surface area contributed by atoms with Crippen LogP contribution in [0.2, 0.25) is 0 Å². The predicted octanol–water partition coefficient (Wildman–Crippen LogP) is 0.416. The van der Waals surface area contributed by atoms with Crippen molar-refractivity contribution in [1.82, 2.24) is 14.9 Å². The van der Waals surface area contributed by atoms with Crippen LogP contribution in [0.3, 0.4) is 0 Å². The molecular formula is C10H19N3O. The van der Waals surface area contributed by atoms with Gasteiger partial charge in [-0.05, 0) is 13.5 Å². The van der Waals surface area contributed by atoms with E-state index in [1.807, 2.05) is 19.4 Å². The first-order valence-corrected chi connectivity index (χ1v) is 5.10. The second kappa shape index (κ2) is 5.78. The van der Waals surface area contributed by atoms with Gasteiger partial charge in [-0.3, -0.25) is 0 Å². The number of rotatable bonds is 6. The third-order valence-corrected chi connectivity index (χ3v) is 2.47. The maximum absolute atomic E-state index is 8.99. The molecule has 0 bridgehead atoms. The Kier molecular flexibility index (Phi) is 4.62. The number of nitrogens with one attached hydrogen (secondary N) is 1. The van der Waals surface area contributed by atoms with E-state index < -0.39 is 0 Å². The van der Waals surface area contributed by atoms with Crippen molar-refractivity contribution in [3.05, 3.63) is 18.2 Å². The Balaban J connectivity index is 2.44. The smallest absolute Gasteiger partial charge is 0.108 e. The van der Waals surface area contributed by atoms with Crippen molar-refractivity contribution in [1.29, 1.82) is 0 Å². The largest absolute Gasteiger partial charge is 0.395 e. The van der Waals surface area contributed by atoms with Gasteiger partial charge in [-0.1, -0.05) is 6.92 Å². The summed E-state index contributed by atoms with van der Waals surface area (Å²) in [6.07, 6.45) is 5.70. The second-order valence-electron chi connectivity index (χ2n) is 3.35. The highest BCUT2D eigenvalue weighted by Crippen LogP contribution is 2.02. The van der Waals surface area contributed by atoms with Gasteiger partial charge in [0, 0.05) is 31.4 Å². The Labute approximate surface area is 85.0 Å². The van der Waals surface area contributed by atoms with Crippen LogP contribution < -0.4 is 5.32 Å². The molecule has 1 rings (SSSR count). The molecule has 2 N–H and O–H groups in total. The summed E-state index contributed by atoms with van der Waals surface area (Å²) in [5, 5.41) is 12.1. The molecule has 0 spiro atoms. The van der Waals surface area contributed by atoms with Crippen molar-refractivity contribution < 1.29 is 5.11 Å². The zero-order valence-corrected chi connectivity index (χ0v) is 8.90. The lowest BCUT2D eigenvalue weighted by atomic mass is 10.2. The van der Waals surface area contributed by atoms with E-state index in [2.05, 4.69) is 21.8 Å². The van der Waals surface area contributed by atoms with Crippen LogP contribution in [0.4, 0.5) is 0 Å². The summed E-state index contributed by atoms with van der Waals surface area (Å²) < 4.78 is 2.14.